The highest BCUT2D eigenvalue weighted by Crippen LogP contribution is 2.49. The van der Waals surface area contributed by atoms with E-state index in [0.29, 0.717) is 60.9 Å². The number of rotatable bonds is 8. The van der Waals surface area contributed by atoms with Crippen molar-refractivity contribution >= 4 is 43.6 Å². The Labute approximate surface area is 569 Å². The fourth-order valence-corrected chi connectivity index (χ4v) is 13.4. The molecule has 0 amide bonds. The van der Waals surface area contributed by atoms with Crippen LogP contribution in [0.1, 0.15) is 83.5 Å². The van der Waals surface area contributed by atoms with Crippen LogP contribution in [-0.4, -0.2) is 9.13 Å². The Kier molecular flexibility index (Phi) is 15.7. The number of nitrogens with zero attached hydrogens (tertiary/aromatic N) is 14. The molecule has 14 nitrogen and oxygen atoms in total. The van der Waals surface area contributed by atoms with Crippen LogP contribution >= 0.6 is 0 Å². The molecule has 13 rings (SSSR count). The molecule has 20 heteroatoms. The summed E-state index contributed by atoms with van der Waals surface area (Å²) in [5.41, 5.74) is 1.60. The molecule has 0 unspecified atom stereocenters. The first-order valence-electron chi connectivity index (χ1n) is 29.9. The van der Waals surface area contributed by atoms with Gasteiger partial charge in [-0.2, -0.15) is 89.5 Å². The first-order valence-corrected chi connectivity index (χ1v) is 29.9. The van der Waals surface area contributed by atoms with Crippen molar-refractivity contribution in [2.24, 2.45) is 0 Å². The van der Waals surface area contributed by atoms with E-state index in [1.165, 1.54) is 66.7 Å². The van der Waals surface area contributed by atoms with Gasteiger partial charge in [-0.25, -0.2) is 0 Å². The van der Waals surface area contributed by atoms with Crippen molar-refractivity contribution in [3.05, 3.63) is 259 Å². The third-order valence-corrected chi connectivity index (χ3v) is 17.7. The van der Waals surface area contributed by atoms with Gasteiger partial charge in [-0.1, -0.05) is 48.5 Å². The van der Waals surface area contributed by atoms with Gasteiger partial charge in [-0.3, -0.25) is 0 Å². The Morgan fingerprint density at radius 2 is 0.574 bits per heavy atom. The molecule has 468 valence electrons. The van der Waals surface area contributed by atoms with E-state index in [4.69, 9.17) is 0 Å². The van der Waals surface area contributed by atoms with E-state index >= 15 is 13.2 Å². The molecule has 0 atom stereocenters. The van der Waals surface area contributed by atoms with Gasteiger partial charge in [0.05, 0.1) is 184 Å². The van der Waals surface area contributed by atoms with E-state index in [9.17, 15) is 76.3 Å². The zero-order valence-corrected chi connectivity index (χ0v) is 51.8. The molecular weight excluding hydrogens is 1280 g/mol. The van der Waals surface area contributed by atoms with Crippen LogP contribution < -0.4 is 0 Å². The van der Waals surface area contributed by atoms with Crippen molar-refractivity contribution in [1.29, 1.82) is 63.1 Å². The Morgan fingerprint density at radius 3 is 0.911 bits per heavy atom. The summed E-state index contributed by atoms with van der Waals surface area (Å²) >= 11 is 0. The molecule has 0 aliphatic heterocycles. The van der Waals surface area contributed by atoms with Crippen molar-refractivity contribution in [3.63, 3.8) is 0 Å². The summed E-state index contributed by atoms with van der Waals surface area (Å²) in [7, 11) is 0. The molecule has 0 aliphatic carbocycles. The Bertz CT molecular complexity index is 6240. The van der Waals surface area contributed by atoms with E-state index in [2.05, 4.69) is 54.6 Å². The highest BCUT2D eigenvalue weighted by molar-refractivity contribution is 6.15. The normalized spacial score (nSPS) is 11.0. The number of halogens is 6. The molecular formula is C81H32F6N14. The topological polar surface area (TPSA) is 295 Å². The molecule has 0 fully saturated rings. The van der Waals surface area contributed by atoms with Gasteiger partial charge in [0.2, 0.25) is 0 Å². The number of alkyl halides is 6. The second-order valence-electron chi connectivity index (χ2n) is 23.2. The molecule has 2 aromatic heterocycles. The van der Waals surface area contributed by atoms with Crippen molar-refractivity contribution in [2.75, 3.05) is 0 Å². The fourth-order valence-electron chi connectivity index (χ4n) is 13.4. The lowest BCUT2D eigenvalue weighted by atomic mass is 9.91. The van der Waals surface area contributed by atoms with Crippen LogP contribution in [0.15, 0.2) is 176 Å². The molecule has 11 aromatic carbocycles. The van der Waals surface area contributed by atoms with Crippen LogP contribution in [0.25, 0.3) is 122 Å². The third kappa shape index (κ3) is 10.7. The van der Waals surface area contributed by atoms with Crippen molar-refractivity contribution in [2.45, 2.75) is 19.3 Å². The molecule has 2 heterocycles. The van der Waals surface area contributed by atoms with Crippen LogP contribution in [0.3, 0.4) is 0 Å². The maximum absolute atomic E-state index is 15.5. The van der Waals surface area contributed by atoms with Gasteiger partial charge in [0.1, 0.15) is 0 Å². The third-order valence-electron chi connectivity index (χ3n) is 17.7. The lowest BCUT2D eigenvalue weighted by Crippen LogP contribution is -2.12. The maximum Gasteiger partial charge on any atom is 0.417 e. The smallest absolute Gasteiger partial charge is 0.309 e. The minimum Gasteiger partial charge on any atom is -0.309 e. The van der Waals surface area contributed by atoms with Gasteiger partial charge in [0.15, 0.2) is 0 Å². The molecule has 101 heavy (non-hydrogen) atoms. The summed E-state index contributed by atoms with van der Waals surface area (Å²) in [4.78, 5) is 0. The van der Waals surface area contributed by atoms with Gasteiger partial charge >= 0.3 is 12.4 Å². The van der Waals surface area contributed by atoms with Crippen LogP contribution in [0.2, 0.25) is 0 Å². The van der Waals surface area contributed by atoms with Crippen LogP contribution in [-0.2, 0) is 12.4 Å². The van der Waals surface area contributed by atoms with Gasteiger partial charge in [0, 0.05) is 54.9 Å². The lowest BCUT2D eigenvalue weighted by molar-refractivity contribution is -0.142. The second-order valence-corrected chi connectivity index (χ2v) is 23.2. The molecule has 13 aromatic rings. The van der Waals surface area contributed by atoms with Gasteiger partial charge < -0.3 is 9.13 Å². The number of benzene rings is 11. The summed E-state index contributed by atoms with van der Waals surface area (Å²) in [5, 5.41) is 126. The van der Waals surface area contributed by atoms with E-state index < -0.39 is 29.0 Å². The second kappa shape index (κ2) is 24.7. The van der Waals surface area contributed by atoms with Gasteiger partial charge in [0.25, 0.3) is 0 Å². The average molecular weight is 1320 g/mol. The van der Waals surface area contributed by atoms with E-state index in [1.54, 1.807) is 96.4 Å². The molecule has 0 bridgehead atoms. The molecule has 0 N–H and O–H groups in total. The van der Waals surface area contributed by atoms with E-state index in [1.807, 2.05) is 28.8 Å². The predicted molar refractivity (Wildman–Crippen MR) is 359 cm³/mol. The van der Waals surface area contributed by atoms with Crippen molar-refractivity contribution < 1.29 is 26.3 Å². The zero-order valence-electron chi connectivity index (χ0n) is 51.8. The standard InChI is InChI=1S/C81H32F6N14/c1-43-16-45(32-89)17-54(36-93)76(43)50-4-12-70-65(25-50)66-26-51(77-55(37-94)18-46(33-90)19-56(77)38-95)5-13-71(66)100(70)74-24-44(31-88)2-9-63(74)64-10-3-49(62-11-8-61(80(82,83)84)30-69(62)81(85,86)87)29-75(64)101-72-14-6-52(78-57(39-96)20-47(34-91)21-58(78)40-97)27-67(72)68-28-53(7-15-73(68)101)79-59(41-98)22-48(35-92)23-60(79)42-99/h2-30H,1H3. The number of aryl methyl sites for hydroxylation is 1. The number of hydrogen-bond donors (Lipinski definition) is 0. The Balaban J connectivity index is 1.18. The fraction of sp³-hybridized carbons (Fsp3) is 0.0370. The highest BCUT2D eigenvalue weighted by atomic mass is 19.4. The summed E-state index contributed by atoms with van der Waals surface area (Å²) in [6.07, 6.45) is -10.6. The average Bonchev–Trinajstić information content (AvgIpc) is 1.59. The highest BCUT2D eigenvalue weighted by Gasteiger charge is 2.39. The molecule has 0 saturated heterocycles. The van der Waals surface area contributed by atoms with Crippen molar-refractivity contribution in [1.82, 2.24) is 9.13 Å². The first-order chi connectivity index (χ1) is 48.7. The lowest BCUT2D eigenvalue weighted by Gasteiger charge is -2.21. The Morgan fingerprint density at radius 1 is 0.267 bits per heavy atom. The SMILES string of the molecule is Cc1cc(C#N)cc(C#N)c1-c1ccc2c(c1)c1cc(-c3c(C#N)cc(C#N)cc3C#N)ccc1n2-c1cc(C#N)ccc1-c1ccc(-c2ccc(C(F)(F)F)cc2C(F)(F)F)cc1-n1c2ccc(-c3c(C#N)cc(C#N)cc3C#N)cc2c2cc(-c3c(C#N)cc(C#N)cc3C#N)ccc21. The summed E-state index contributed by atoms with van der Waals surface area (Å²) < 4.78 is 93.2. The monoisotopic (exact) mass is 1310 g/mol. The quantitative estimate of drug-likeness (QED) is 0.128. The van der Waals surface area contributed by atoms with Crippen molar-refractivity contribution in [3.8, 4) is 151 Å². The minimum absolute atomic E-state index is 0.00794. The number of aromatic nitrogens is 2. The van der Waals surface area contributed by atoms with Gasteiger partial charge in [-0.15, -0.1) is 0 Å². The summed E-state index contributed by atoms with van der Waals surface area (Å²) in [6.45, 7) is 1.74. The summed E-state index contributed by atoms with van der Waals surface area (Å²) in [5.74, 6) is 0. The number of nitriles is 12. The summed E-state index contributed by atoms with van der Waals surface area (Å²) in [6, 6.07) is 66.2. The molecule has 0 aliphatic rings. The number of hydrogen-bond acceptors (Lipinski definition) is 12. The van der Waals surface area contributed by atoms with Crippen LogP contribution in [0.4, 0.5) is 26.3 Å². The predicted octanol–water partition coefficient (Wildman–Crippen LogP) is 18.7. The first kappa shape index (κ1) is 64.2. The van der Waals surface area contributed by atoms with Crippen LogP contribution in [0, 0.1) is 143 Å². The van der Waals surface area contributed by atoms with E-state index in [-0.39, 0.29) is 140 Å². The largest absolute Gasteiger partial charge is 0.417 e. The molecule has 0 radical (unpaired) electrons. The van der Waals surface area contributed by atoms with Crippen LogP contribution in [0.5, 0.6) is 0 Å². The Hall–Kier alpha value is -15.5. The molecule has 0 saturated carbocycles. The zero-order chi connectivity index (χ0) is 71.5. The van der Waals surface area contributed by atoms with Gasteiger partial charge in [-0.05, 0) is 173 Å². The van der Waals surface area contributed by atoms with E-state index in [0.717, 1.165) is 6.07 Å². The molecule has 0 spiro atoms. The minimum atomic E-state index is -5.36. The number of fused-ring (bicyclic) bond motifs is 6. The maximum atomic E-state index is 15.5.